The Hall–Kier alpha value is -1.32. The van der Waals surface area contributed by atoms with E-state index >= 15 is 0 Å². The van der Waals surface area contributed by atoms with Gasteiger partial charge in [0.15, 0.2) is 0 Å². The Kier molecular flexibility index (Phi) is 3.81. The number of aryl methyl sites for hydroxylation is 2. The summed E-state index contributed by atoms with van der Waals surface area (Å²) < 4.78 is 13.6. The average molecular weight is 287 g/mol. The molecule has 0 aliphatic carbocycles. The van der Waals surface area contributed by atoms with Gasteiger partial charge in [-0.2, -0.15) is 0 Å². The summed E-state index contributed by atoms with van der Waals surface area (Å²) in [6, 6.07) is 12.8. The Morgan fingerprint density at radius 2 is 1.90 bits per heavy atom. The summed E-state index contributed by atoms with van der Waals surface area (Å²) in [5.74, 6) is 0.980. The minimum atomic E-state index is -0.0875. The van der Waals surface area contributed by atoms with Crippen LogP contribution in [-0.4, -0.2) is 5.75 Å². The molecule has 104 valence electrons. The largest absolute Gasteiger partial charge is 0.305 e. The van der Waals surface area contributed by atoms with Crippen molar-refractivity contribution in [3.05, 3.63) is 64.5 Å². The van der Waals surface area contributed by atoms with Crippen molar-refractivity contribution < 1.29 is 4.39 Å². The molecule has 0 spiro atoms. The molecule has 1 aliphatic heterocycles. The van der Waals surface area contributed by atoms with Gasteiger partial charge in [-0.25, -0.2) is 4.39 Å². The molecule has 3 heteroatoms. The molecule has 1 heterocycles. The number of hydrogen-bond acceptors (Lipinski definition) is 2. The van der Waals surface area contributed by atoms with Gasteiger partial charge in [0.05, 0.1) is 0 Å². The van der Waals surface area contributed by atoms with E-state index in [0.717, 1.165) is 29.0 Å². The Balaban J connectivity index is 1.72. The Bertz CT molecular complexity index is 616. The maximum atomic E-state index is 13.6. The molecule has 1 unspecified atom stereocenters. The minimum Gasteiger partial charge on any atom is -0.305 e. The highest BCUT2D eigenvalue weighted by atomic mass is 32.2. The zero-order valence-corrected chi connectivity index (χ0v) is 12.6. The molecule has 0 fully saturated rings. The third-order valence-electron chi connectivity index (χ3n) is 3.75. The molecule has 0 saturated heterocycles. The van der Waals surface area contributed by atoms with Gasteiger partial charge in [-0.15, -0.1) is 11.8 Å². The van der Waals surface area contributed by atoms with E-state index in [2.05, 4.69) is 29.6 Å². The number of fused-ring (bicyclic) bond motifs is 1. The van der Waals surface area contributed by atoms with Gasteiger partial charge in [-0.3, -0.25) is 0 Å². The summed E-state index contributed by atoms with van der Waals surface area (Å²) in [6.45, 7) is 4.43. The number of thioether (sulfide) groups is 1. The van der Waals surface area contributed by atoms with Crippen molar-refractivity contribution in [2.24, 2.45) is 0 Å². The summed E-state index contributed by atoms with van der Waals surface area (Å²) in [4.78, 5) is 1.37. The van der Waals surface area contributed by atoms with Crippen LogP contribution in [0.3, 0.4) is 0 Å². The molecule has 1 aliphatic rings. The van der Waals surface area contributed by atoms with Crippen molar-refractivity contribution in [3.63, 3.8) is 0 Å². The van der Waals surface area contributed by atoms with E-state index in [9.17, 15) is 4.39 Å². The normalized spacial score (nSPS) is 17.2. The fourth-order valence-corrected chi connectivity index (χ4v) is 3.91. The van der Waals surface area contributed by atoms with Gasteiger partial charge in [-0.05, 0) is 42.2 Å². The van der Waals surface area contributed by atoms with Crippen LogP contribution in [0.5, 0.6) is 0 Å². The lowest BCUT2D eigenvalue weighted by Gasteiger charge is -2.14. The van der Waals surface area contributed by atoms with Crippen molar-refractivity contribution in [2.45, 2.75) is 31.3 Å². The topological polar surface area (TPSA) is 12.0 Å². The Morgan fingerprint density at radius 3 is 2.65 bits per heavy atom. The van der Waals surface area contributed by atoms with Crippen LogP contribution in [-0.2, 0) is 6.54 Å². The van der Waals surface area contributed by atoms with Crippen LogP contribution in [0.15, 0.2) is 41.3 Å². The van der Waals surface area contributed by atoms with E-state index in [1.54, 1.807) is 0 Å². The fraction of sp³-hybridized carbons (Fsp3) is 0.294. The molecule has 0 amide bonds. The third kappa shape index (κ3) is 2.60. The zero-order valence-electron chi connectivity index (χ0n) is 11.7. The lowest BCUT2D eigenvalue weighted by molar-refractivity contribution is 0.578. The van der Waals surface area contributed by atoms with E-state index in [-0.39, 0.29) is 5.82 Å². The van der Waals surface area contributed by atoms with Gasteiger partial charge in [0.1, 0.15) is 5.82 Å². The highest BCUT2D eigenvalue weighted by Crippen LogP contribution is 2.37. The average Bonchev–Trinajstić information content (AvgIpc) is 2.85. The molecule has 20 heavy (non-hydrogen) atoms. The first-order chi connectivity index (χ1) is 9.65. The summed E-state index contributed by atoms with van der Waals surface area (Å²) in [5.41, 5.74) is 3.98. The van der Waals surface area contributed by atoms with Gasteiger partial charge in [-0.1, -0.05) is 30.3 Å². The van der Waals surface area contributed by atoms with Gasteiger partial charge in [0, 0.05) is 23.2 Å². The number of benzene rings is 2. The maximum absolute atomic E-state index is 13.6. The summed E-state index contributed by atoms with van der Waals surface area (Å²) >= 11 is 1.90. The highest BCUT2D eigenvalue weighted by molar-refractivity contribution is 7.99. The van der Waals surface area contributed by atoms with Gasteiger partial charge in [0.25, 0.3) is 0 Å². The van der Waals surface area contributed by atoms with E-state index in [1.165, 1.54) is 10.5 Å². The molecule has 1 atom stereocenters. The Morgan fingerprint density at radius 1 is 1.20 bits per heavy atom. The van der Waals surface area contributed by atoms with Crippen LogP contribution in [0.25, 0.3) is 0 Å². The van der Waals surface area contributed by atoms with Crippen LogP contribution in [0.4, 0.5) is 4.39 Å². The zero-order chi connectivity index (χ0) is 14.1. The number of nitrogens with one attached hydrogen (secondary N) is 1. The molecule has 1 nitrogen and oxygen atoms in total. The quantitative estimate of drug-likeness (QED) is 0.899. The summed E-state index contributed by atoms with van der Waals surface area (Å²) in [6.07, 6.45) is 0. The maximum Gasteiger partial charge on any atom is 0.129 e. The number of halogens is 1. The van der Waals surface area contributed by atoms with Gasteiger partial charge < -0.3 is 5.32 Å². The molecule has 0 radical (unpaired) electrons. The third-order valence-corrected chi connectivity index (χ3v) is 4.93. The number of rotatable bonds is 3. The first kappa shape index (κ1) is 13.7. The van der Waals surface area contributed by atoms with Crippen LogP contribution in [0.2, 0.25) is 0 Å². The van der Waals surface area contributed by atoms with Gasteiger partial charge >= 0.3 is 0 Å². The van der Waals surface area contributed by atoms with E-state index < -0.39 is 0 Å². The molecule has 3 rings (SSSR count). The first-order valence-corrected chi connectivity index (χ1v) is 7.84. The lowest BCUT2D eigenvalue weighted by atomic mass is 10.1. The Labute approximate surface area is 123 Å². The van der Waals surface area contributed by atoms with E-state index in [4.69, 9.17) is 0 Å². The second-order valence-electron chi connectivity index (χ2n) is 5.33. The predicted molar refractivity (Wildman–Crippen MR) is 82.6 cm³/mol. The second-order valence-corrected chi connectivity index (χ2v) is 6.39. The lowest BCUT2D eigenvalue weighted by Crippen LogP contribution is -2.20. The number of hydrogen-bond donors (Lipinski definition) is 1. The van der Waals surface area contributed by atoms with E-state index in [1.807, 2.05) is 37.7 Å². The van der Waals surface area contributed by atoms with Gasteiger partial charge in [0.2, 0.25) is 0 Å². The van der Waals surface area contributed by atoms with Crippen molar-refractivity contribution in [2.75, 3.05) is 5.75 Å². The molecular formula is C17H18FNS. The van der Waals surface area contributed by atoms with Crippen LogP contribution in [0, 0.1) is 19.7 Å². The van der Waals surface area contributed by atoms with Crippen molar-refractivity contribution in [3.8, 4) is 0 Å². The monoisotopic (exact) mass is 287 g/mol. The molecule has 0 bridgehead atoms. The molecule has 2 aromatic rings. The molecule has 0 saturated carbocycles. The predicted octanol–water partition coefficient (Wildman–Crippen LogP) is 4.38. The van der Waals surface area contributed by atoms with E-state index in [0.29, 0.717) is 6.04 Å². The second kappa shape index (κ2) is 5.58. The molecule has 2 aromatic carbocycles. The highest BCUT2D eigenvalue weighted by Gasteiger charge is 2.21. The van der Waals surface area contributed by atoms with Crippen LogP contribution >= 0.6 is 11.8 Å². The molecule has 0 aromatic heterocycles. The van der Waals surface area contributed by atoms with Crippen LogP contribution in [0.1, 0.15) is 28.3 Å². The van der Waals surface area contributed by atoms with Crippen molar-refractivity contribution >= 4 is 11.8 Å². The SMILES string of the molecule is Cc1cc(CNC2CSc3ccccc32)cc(C)c1F. The summed E-state index contributed by atoms with van der Waals surface area (Å²) in [5, 5.41) is 3.58. The first-order valence-electron chi connectivity index (χ1n) is 6.86. The summed E-state index contributed by atoms with van der Waals surface area (Å²) in [7, 11) is 0. The van der Waals surface area contributed by atoms with Crippen LogP contribution < -0.4 is 5.32 Å². The molecular weight excluding hydrogens is 269 g/mol. The standard InChI is InChI=1S/C17H18FNS/c1-11-7-13(8-12(2)17(11)18)9-19-15-10-20-16-6-4-3-5-14(15)16/h3-8,15,19H,9-10H2,1-2H3. The minimum absolute atomic E-state index is 0.0875. The fourth-order valence-electron chi connectivity index (χ4n) is 2.71. The van der Waals surface area contributed by atoms with Crippen molar-refractivity contribution in [1.29, 1.82) is 0 Å². The van der Waals surface area contributed by atoms with Crippen molar-refractivity contribution in [1.82, 2.24) is 5.32 Å². The smallest absolute Gasteiger partial charge is 0.129 e. The molecule has 1 N–H and O–H groups in total.